The molecule has 0 saturated carbocycles. The zero-order chi connectivity index (χ0) is 15.6. The van der Waals surface area contributed by atoms with Crippen LogP contribution in [0.15, 0.2) is 18.3 Å². The third kappa shape index (κ3) is 7.36. The molecule has 21 heavy (non-hydrogen) atoms. The van der Waals surface area contributed by atoms with Crippen molar-refractivity contribution in [3.05, 3.63) is 23.4 Å². The molecule has 0 aliphatic carbocycles. The van der Waals surface area contributed by atoms with Crippen molar-refractivity contribution in [2.45, 2.75) is 82.0 Å². The van der Waals surface area contributed by atoms with Crippen molar-refractivity contribution < 1.29 is 0 Å². The average molecular weight is 415 g/mol. The van der Waals surface area contributed by atoms with Crippen molar-refractivity contribution in [1.29, 1.82) is 0 Å². The van der Waals surface area contributed by atoms with Gasteiger partial charge in [-0.3, -0.25) is 0 Å². The van der Waals surface area contributed by atoms with Crippen LogP contribution < -0.4 is 3.71 Å². The molecule has 1 aromatic heterocycles. The van der Waals surface area contributed by atoms with Gasteiger partial charge in [0.1, 0.15) is 0 Å². The van der Waals surface area contributed by atoms with E-state index in [1.165, 1.54) is 61.5 Å². The topological polar surface area (TPSA) is 12.9 Å². The van der Waals surface area contributed by atoms with Gasteiger partial charge in [0.15, 0.2) is 0 Å². The van der Waals surface area contributed by atoms with Gasteiger partial charge in [0.25, 0.3) is 0 Å². The van der Waals surface area contributed by atoms with Crippen LogP contribution in [0.2, 0.25) is 8.45 Å². The zero-order valence-electron chi connectivity index (χ0n) is 13.9. The fraction of sp³-hybridized carbons (Fsp3) is 0.722. The first-order chi connectivity index (χ1) is 10.2. The molecule has 0 fully saturated rings. The van der Waals surface area contributed by atoms with E-state index in [2.05, 4.69) is 31.8 Å². The number of hydrogen-bond acceptors (Lipinski definition) is 1. The Hall–Kier alpha value is 0.239. The van der Waals surface area contributed by atoms with E-state index in [1.807, 2.05) is 12.3 Å². The number of unbranched alkanes of at least 4 members (excludes halogenated alkanes) is 3. The van der Waals surface area contributed by atoms with Crippen LogP contribution in [0.3, 0.4) is 0 Å². The minimum absolute atomic E-state index is 0.617. The third-order valence-corrected chi connectivity index (χ3v) is 9.60. The summed E-state index contributed by atoms with van der Waals surface area (Å²) >= 11 is 5.31. The maximum atomic E-state index is 5.99. The van der Waals surface area contributed by atoms with Crippen LogP contribution in [-0.2, 0) is 0 Å². The van der Waals surface area contributed by atoms with Crippen LogP contribution in [0, 0.1) is 0 Å². The van der Waals surface area contributed by atoms with E-state index in [9.17, 15) is 0 Å². The Kier molecular flexibility index (Phi) is 9.99. The molecule has 1 heterocycles. The van der Waals surface area contributed by atoms with Gasteiger partial charge in [-0.25, -0.2) is 0 Å². The molecule has 0 bridgehead atoms. The number of halogens is 1. The standard InChI is InChI=1S/C13H27.C5H3ClN.Sn/c1-4-7-10-13(11-8-5-2)12-9-6-3;6-5-2-1-3-7-4-5;/h4-12H2,1-3H3;1-2,4H;. The molecule has 1 aromatic rings. The predicted molar refractivity (Wildman–Crippen MR) is 95.9 cm³/mol. The van der Waals surface area contributed by atoms with Gasteiger partial charge in [-0.1, -0.05) is 0 Å². The number of hydrogen-bond donors (Lipinski definition) is 0. The molecule has 3 heteroatoms. The summed E-state index contributed by atoms with van der Waals surface area (Å²) in [6.07, 6.45) is 14.2. The molecule has 0 atom stereocenters. The Labute approximate surface area is 146 Å². The Balaban J connectivity index is 2.85. The molecule has 0 amide bonds. The summed E-state index contributed by atoms with van der Waals surface area (Å²) < 4.78 is 2.00. The summed E-state index contributed by atoms with van der Waals surface area (Å²) in [6.45, 7) is 6.95. The van der Waals surface area contributed by atoms with Crippen LogP contribution in [-0.4, -0.2) is 26.1 Å². The van der Waals surface area contributed by atoms with E-state index in [0.29, 0.717) is 3.43 Å². The normalized spacial score (nSPS) is 11.8. The average Bonchev–Trinajstić information content (AvgIpc) is 2.51. The Morgan fingerprint density at radius 2 is 1.48 bits per heavy atom. The van der Waals surface area contributed by atoms with Crippen molar-refractivity contribution in [2.24, 2.45) is 0 Å². The number of pyridine rings is 1. The van der Waals surface area contributed by atoms with Crippen LogP contribution in [0.5, 0.6) is 0 Å². The van der Waals surface area contributed by atoms with Gasteiger partial charge in [-0.05, 0) is 0 Å². The van der Waals surface area contributed by atoms with Gasteiger partial charge in [-0.2, -0.15) is 0 Å². The second kappa shape index (κ2) is 10.9. The van der Waals surface area contributed by atoms with Gasteiger partial charge in [0.2, 0.25) is 0 Å². The molecule has 0 unspecified atom stereocenters. The first-order valence-corrected chi connectivity index (χ1v) is 11.8. The predicted octanol–water partition coefficient (Wildman–Crippen LogP) is 5.79. The number of aromatic nitrogens is 1. The number of rotatable bonds is 11. The molecular weight excluding hydrogens is 384 g/mol. The monoisotopic (exact) mass is 415 g/mol. The SMILES string of the molecule is CCCC[C](CCCC)(CCCC)[Sn][c]1ccc(Cl)cn1. The third-order valence-electron chi connectivity index (χ3n) is 4.15. The maximum absolute atomic E-state index is 5.99. The van der Waals surface area contributed by atoms with Crippen molar-refractivity contribution >= 4 is 36.5 Å². The second-order valence-corrected chi connectivity index (χ2v) is 11.7. The van der Waals surface area contributed by atoms with Crippen LogP contribution in [0.1, 0.15) is 78.6 Å². The van der Waals surface area contributed by atoms with Crippen molar-refractivity contribution in [2.75, 3.05) is 0 Å². The van der Waals surface area contributed by atoms with E-state index >= 15 is 0 Å². The van der Waals surface area contributed by atoms with Gasteiger partial charge >= 0.3 is 147 Å². The van der Waals surface area contributed by atoms with E-state index in [1.54, 1.807) is 0 Å². The molecule has 2 radical (unpaired) electrons. The summed E-state index contributed by atoms with van der Waals surface area (Å²) in [5.41, 5.74) is 0. The molecule has 0 spiro atoms. The summed E-state index contributed by atoms with van der Waals surface area (Å²) in [7, 11) is 0. The first kappa shape index (κ1) is 19.3. The Morgan fingerprint density at radius 1 is 0.952 bits per heavy atom. The quantitative estimate of drug-likeness (QED) is 0.417. The van der Waals surface area contributed by atoms with E-state index < -0.39 is 21.1 Å². The van der Waals surface area contributed by atoms with Gasteiger partial charge < -0.3 is 0 Å². The summed E-state index contributed by atoms with van der Waals surface area (Å²) in [4.78, 5) is 4.63. The van der Waals surface area contributed by atoms with Crippen LogP contribution in [0.4, 0.5) is 0 Å². The van der Waals surface area contributed by atoms with E-state index in [-0.39, 0.29) is 0 Å². The molecule has 118 valence electrons. The Bertz CT molecular complexity index is 356. The molecule has 1 nitrogen and oxygen atoms in total. The molecule has 0 aromatic carbocycles. The molecule has 1 rings (SSSR count). The molecule has 0 saturated heterocycles. The summed E-state index contributed by atoms with van der Waals surface area (Å²) in [5, 5.41) is 0.763. The summed E-state index contributed by atoms with van der Waals surface area (Å²) in [6, 6.07) is 4.21. The second-order valence-electron chi connectivity index (χ2n) is 6.08. The summed E-state index contributed by atoms with van der Waals surface area (Å²) in [5.74, 6) is 0. The Morgan fingerprint density at radius 3 is 1.86 bits per heavy atom. The minimum atomic E-state index is -0.679. The van der Waals surface area contributed by atoms with Gasteiger partial charge in [0.05, 0.1) is 0 Å². The fourth-order valence-electron chi connectivity index (χ4n) is 2.83. The first-order valence-electron chi connectivity index (χ1n) is 8.55. The van der Waals surface area contributed by atoms with Crippen LogP contribution in [0.25, 0.3) is 0 Å². The van der Waals surface area contributed by atoms with Crippen molar-refractivity contribution in [1.82, 2.24) is 4.98 Å². The molecular formula is C18H30ClNSn. The molecule has 0 aliphatic heterocycles. The van der Waals surface area contributed by atoms with E-state index in [0.717, 1.165) is 5.02 Å². The van der Waals surface area contributed by atoms with Crippen molar-refractivity contribution in [3.8, 4) is 0 Å². The van der Waals surface area contributed by atoms with E-state index in [4.69, 9.17) is 11.6 Å². The van der Waals surface area contributed by atoms with Crippen molar-refractivity contribution in [3.63, 3.8) is 0 Å². The number of nitrogens with zero attached hydrogens (tertiary/aromatic N) is 1. The zero-order valence-corrected chi connectivity index (χ0v) is 17.5. The van der Waals surface area contributed by atoms with Gasteiger partial charge in [0, 0.05) is 0 Å². The molecule has 0 aliphatic rings. The van der Waals surface area contributed by atoms with Crippen LogP contribution >= 0.6 is 11.6 Å². The fourth-order valence-corrected chi connectivity index (χ4v) is 7.92. The van der Waals surface area contributed by atoms with Gasteiger partial charge in [-0.15, -0.1) is 0 Å². The molecule has 0 N–H and O–H groups in total.